The normalized spacial score (nSPS) is 10.5. The highest BCUT2D eigenvalue weighted by atomic mass is 19.1. The van der Waals surface area contributed by atoms with Crippen LogP contribution in [0, 0.1) is 17.1 Å². The van der Waals surface area contributed by atoms with Crippen LogP contribution in [0.5, 0.6) is 11.5 Å². The minimum atomic E-state index is -0.348. The zero-order valence-electron chi connectivity index (χ0n) is 17.5. The summed E-state index contributed by atoms with van der Waals surface area (Å²) in [5.41, 5.74) is 5.20. The van der Waals surface area contributed by atoms with E-state index in [0.29, 0.717) is 34.8 Å². The van der Waals surface area contributed by atoms with Crippen molar-refractivity contribution in [3.8, 4) is 17.6 Å². The second kappa shape index (κ2) is 11.3. The number of hydrogen-bond acceptors (Lipinski definition) is 5. The lowest BCUT2D eigenvalue weighted by molar-refractivity contribution is -0.120. The number of hydrazone groups is 1. The Morgan fingerprint density at radius 1 is 1.09 bits per heavy atom. The smallest absolute Gasteiger partial charge is 0.244 e. The molecule has 3 aromatic carbocycles. The standard InChI is InChI=1S/C25H22FN3O3/c1-2-31-24-13-19(16-28-29-25(30)14-18-7-10-22(26)11-8-18)9-12-23(24)32-17-21-6-4-3-5-20(21)15-27/h3-13,16H,2,14,17H2,1H3,(H,29,30)/b28-16+. The van der Waals surface area contributed by atoms with Gasteiger partial charge in [0, 0.05) is 5.56 Å². The summed E-state index contributed by atoms with van der Waals surface area (Å²) in [6.45, 7) is 2.54. The highest BCUT2D eigenvalue weighted by Gasteiger charge is 2.09. The molecular formula is C25H22FN3O3. The van der Waals surface area contributed by atoms with Crippen LogP contribution in [0.1, 0.15) is 29.2 Å². The Bertz CT molecular complexity index is 1140. The van der Waals surface area contributed by atoms with Crippen molar-refractivity contribution in [1.29, 1.82) is 5.26 Å². The SMILES string of the molecule is CCOc1cc(/C=N/NC(=O)Cc2ccc(F)cc2)ccc1OCc1ccccc1C#N. The fraction of sp³-hybridized carbons (Fsp3) is 0.160. The molecule has 1 N–H and O–H groups in total. The minimum Gasteiger partial charge on any atom is -0.490 e. The van der Waals surface area contributed by atoms with Crippen LogP contribution in [0.4, 0.5) is 4.39 Å². The summed E-state index contributed by atoms with van der Waals surface area (Å²) in [4.78, 5) is 12.0. The van der Waals surface area contributed by atoms with Gasteiger partial charge in [-0.15, -0.1) is 0 Å². The largest absolute Gasteiger partial charge is 0.490 e. The van der Waals surface area contributed by atoms with E-state index in [4.69, 9.17) is 9.47 Å². The van der Waals surface area contributed by atoms with Gasteiger partial charge in [0.15, 0.2) is 11.5 Å². The highest BCUT2D eigenvalue weighted by molar-refractivity contribution is 5.84. The first-order valence-electron chi connectivity index (χ1n) is 10.0. The van der Waals surface area contributed by atoms with E-state index in [1.807, 2.05) is 19.1 Å². The molecule has 0 aliphatic carbocycles. The second-order valence-corrected chi connectivity index (χ2v) is 6.79. The quantitative estimate of drug-likeness (QED) is 0.403. The molecule has 0 bridgehead atoms. The summed E-state index contributed by atoms with van der Waals surface area (Å²) in [5.74, 6) is 0.411. The van der Waals surface area contributed by atoms with E-state index in [1.54, 1.807) is 42.5 Å². The molecule has 0 heterocycles. The average Bonchev–Trinajstić information content (AvgIpc) is 2.80. The van der Waals surface area contributed by atoms with Crippen molar-refractivity contribution in [2.45, 2.75) is 20.0 Å². The summed E-state index contributed by atoms with van der Waals surface area (Å²) in [6.07, 6.45) is 1.60. The second-order valence-electron chi connectivity index (χ2n) is 6.79. The van der Waals surface area contributed by atoms with Gasteiger partial charge >= 0.3 is 0 Å². The predicted molar refractivity (Wildman–Crippen MR) is 119 cm³/mol. The van der Waals surface area contributed by atoms with Gasteiger partial charge in [-0.25, -0.2) is 9.82 Å². The molecule has 0 fully saturated rings. The lowest BCUT2D eigenvalue weighted by atomic mass is 10.1. The number of halogens is 1. The Labute approximate surface area is 185 Å². The topological polar surface area (TPSA) is 83.7 Å². The van der Waals surface area contributed by atoms with E-state index >= 15 is 0 Å². The third-order valence-corrected chi connectivity index (χ3v) is 4.47. The molecule has 0 aliphatic heterocycles. The summed E-state index contributed by atoms with van der Waals surface area (Å²) < 4.78 is 24.5. The van der Waals surface area contributed by atoms with Gasteiger partial charge in [0.1, 0.15) is 12.4 Å². The first-order chi connectivity index (χ1) is 15.6. The van der Waals surface area contributed by atoms with Crippen LogP contribution in [0.15, 0.2) is 71.8 Å². The summed E-state index contributed by atoms with van der Waals surface area (Å²) in [7, 11) is 0. The maximum atomic E-state index is 12.9. The monoisotopic (exact) mass is 431 g/mol. The molecule has 0 spiro atoms. The van der Waals surface area contributed by atoms with Crippen LogP contribution in [-0.4, -0.2) is 18.7 Å². The van der Waals surface area contributed by atoms with Crippen molar-refractivity contribution in [3.63, 3.8) is 0 Å². The number of nitrogens with one attached hydrogen (secondary N) is 1. The minimum absolute atomic E-state index is 0.0960. The van der Waals surface area contributed by atoms with Gasteiger partial charge in [-0.3, -0.25) is 4.79 Å². The molecule has 0 atom stereocenters. The number of hydrogen-bond donors (Lipinski definition) is 1. The van der Waals surface area contributed by atoms with Gasteiger partial charge in [-0.05, 0) is 54.4 Å². The Morgan fingerprint density at radius 3 is 2.62 bits per heavy atom. The van der Waals surface area contributed by atoms with E-state index in [9.17, 15) is 14.4 Å². The Morgan fingerprint density at radius 2 is 1.88 bits per heavy atom. The van der Waals surface area contributed by atoms with Crippen molar-refractivity contribution >= 4 is 12.1 Å². The highest BCUT2D eigenvalue weighted by Crippen LogP contribution is 2.29. The zero-order chi connectivity index (χ0) is 22.8. The van der Waals surface area contributed by atoms with Crippen molar-refractivity contribution in [2.75, 3.05) is 6.61 Å². The molecule has 0 saturated heterocycles. The molecule has 0 radical (unpaired) electrons. The lowest BCUT2D eigenvalue weighted by Gasteiger charge is -2.13. The van der Waals surface area contributed by atoms with Crippen molar-refractivity contribution in [3.05, 3.63) is 94.8 Å². The molecule has 0 unspecified atom stereocenters. The molecular weight excluding hydrogens is 409 g/mol. The van der Waals surface area contributed by atoms with Crippen LogP contribution < -0.4 is 14.9 Å². The Kier molecular flexibility index (Phi) is 7.93. The van der Waals surface area contributed by atoms with Crippen LogP contribution in [0.25, 0.3) is 0 Å². The Hall–Kier alpha value is -4.18. The molecule has 6 nitrogen and oxygen atoms in total. The van der Waals surface area contributed by atoms with Gasteiger partial charge in [-0.1, -0.05) is 30.3 Å². The van der Waals surface area contributed by atoms with E-state index in [2.05, 4.69) is 16.6 Å². The van der Waals surface area contributed by atoms with Gasteiger partial charge in [0.2, 0.25) is 5.91 Å². The predicted octanol–water partition coefficient (Wildman–Crippen LogP) is 4.37. The molecule has 0 aliphatic rings. The number of carbonyl (C=O) groups is 1. The lowest BCUT2D eigenvalue weighted by Crippen LogP contribution is -2.19. The maximum Gasteiger partial charge on any atom is 0.244 e. The third-order valence-electron chi connectivity index (χ3n) is 4.47. The number of amides is 1. The average molecular weight is 431 g/mol. The van der Waals surface area contributed by atoms with Gasteiger partial charge in [0.25, 0.3) is 0 Å². The molecule has 3 rings (SSSR count). The van der Waals surface area contributed by atoms with Crippen molar-refractivity contribution in [2.24, 2.45) is 5.10 Å². The Balaban J connectivity index is 1.62. The van der Waals surface area contributed by atoms with E-state index in [-0.39, 0.29) is 24.8 Å². The first-order valence-corrected chi connectivity index (χ1v) is 10.0. The number of ether oxygens (including phenoxy) is 2. The summed E-state index contributed by atoms with van der Waals surface area (Å²) >= 11 is 0. The molecule has 1 amide bonds. The van der Waals surface area contributed by atoms with E-state index in [1.165, 1.54) is 18.3 Å². The molecule has 7 heteroatoms. The number of nitrogens with zero attached hydrogens (tertiary/aromatic N) is 2. The van der Waals surface area contributed by atoms with Crippen LogP contribution >= 0.6 is 0 Å². The molecule has 3 aromatic rings. The number of rotatable bonds is 9. The van der Waals surface area contributed by atoms with E-state index < -0.39 is 0 Å². The van der Waals surface area contributed by atoms with Crippen LogP contribution in [0.3, 0.4) is 0 Å². The summed E-state index contributed by atoms with van der Waals surface area (Å²) in [5, 5.41) is 13.2. The first kappa shape index (κ1) is 22.5. The fourth-order valence-corrected chi connectivity index (χ4v) is 2.91. The number of nitriles is 1. The van der Waals surface area contributed by atoms with Gasteiger partial charge < -0.3 is 9.47 Å². The number of carbonyl (C=O) groups excluding carboxylic acids is 1. The molecule has 32 heavy (non-hydrogen) atoms. The molecule has 0 saturated carbocycles. The maximum absolute atomic E-state index is 12.9. The van der Waals surface area contributed by atoms with E-state index in [0.717, 1.165) is 5.56 Å². The summed E-state index contributed by atoms with van der Waals surface area (Å²) in [6, 6.07) is 20.4. The molecule has 162 valence electrons. The van der Waals surface area contributed by atoms with Crippen LogP contribution in [0.2, 0.25) is 0 Å². The fourth-order valence-electron chi connectivity index (χ4n) is 2.91. The zero-order valence-corrected chi connectivity index (χ0v) is 17.5. The number of benzene rings is 3. The van der Waals surface area contributed by atoms with Crippen molar-refractivity contribution in [1.82, 2.24) is 5.43 Å². The van der Waals surface area contributed by atoms with Gasteiger partial charge in [-0.2, -0.15) is 10.4 Å². The third kappa shape index (κ3) is 6.41. The van der Waals surface area contributed by atoms with Gasteiger partial charge in [0.05, 0.1) is 30.9 Å². The van der Waals surface area contributed by atoms with Crippen LogP contribution in [-0.2, 0) is 17.8 Å². The van der Waals surface area contributed by atoms with Crippen molar-refractivity contribution < 1.29 is 18.7 Å². The molecule has 0 aromatic heterocycles.